The second-order valence-corrected chi connectivity index (χ2v) is 7.17. The normalized spacial score (nSPS) is 17.5. The van der Waals surface area contributed by atoms with E-state index in [2.05, 4.69) is 32.9 Å². The molecule has 1 aliphatic rings. The van der Waals surface area contributed by atoms with Gasteiger partial charge in [0.05, 0.1) is 11.2 Å². The Kier molecular flexibility index (Phi) is 4.03. The van der Waals surface area contributed by atoms with E-state index in [0.29, 0.717) is 0 Å². The van der Waals surface area contributed by atoms with E-state index >= 15 is 0 Å². The number of rotatable bonds is 2. The van der Waals surface area contributed by atoms with Crippen LogP contribution in [0.1, 0.15) is 45.7 Å². The lowest BCUT2D eigenvalue weighted by atomic mass is 9.74. The summed E-state index contributed by atoms with van der Waals surface area (Å²) in [6.45, 7) is 5.59. The summed E-state index contributed by atoms with van der Waals surface area (Å²) in [6, 6.07) is 4.00. The fourth-order valence-electron chi connectivity index (χ4n) is 2.13. The van der Waals surface area contributed by atoms with Crippen molar-refractivity contribution in [3.63, 3.8) is 0 Å². The highest BCUT2D eigenvalue weighted by Gasteiger charge is 2.42. The number of halogens is 1. The summed E-state index contributed by atoms with van der Waals surface area (Å²) < 4.78 is 6.43. The molecule has 0 radical (unpaired) electrons. The summed E-state index contributed by atoms with van der Waals surface area (Å²) in [6.07, 6.45) is 4.39. The number of nitrogens with one attached hydrogen (secondary N) is 1. The largest absolute Gasteiger partial charge is 0.444 e. The quantitative estimate of drug-likeness (QED) is 0.805. The van der Waals surface area contributed by atoms with E-state index in [1.54, 1.807) is 0 Å². The van der Waals surface area contributed by atoms with Crippen LogP contribution in [0, 0.1) is 3.57 Å². The van der Waals surface area contributed by atoms with Crippen LogP contribution in [-0.2, 0) is 10.3 Å². The van der Waals surface area contributed by atoms with Crippen LogP contribution in [0.25, 0.3) is 0 Å². The number of alkyl carbamates (subject to hydrolysis) is 1. The van der Waals surface area contributed by atoms with Crippen LogP contribution in [0.3, 0.4) is 0 Å². The van der Waals surface area contributed by atoms with Gasteiger partial charge in [-0.25, -0.2) is 4.79 Å². The summed E-state index contributed by atoms with van der Waals surface area (Å²) in [5.74, 6) is 0. The van der Waals surface area contributed by atoms with Gasteiger partial charge in [0.1, 0.15) is 5.60 Å². The first-order valence-corrected chi connectivity index (χ1v) is 7.52. The molecule has 0 saturated heterocycles. The molecule has 1 aromatic heterocycles. The molecule has 0 spiro atoms. The Morgan fingerprint density at radius 3 is 2.53 bits per heavy atom. The van der Waals surface area contributed by atoms with Crippen LogP contribution in [0.2, 0.25) is 0 Å². The molecule has 0 aromatic carbocycles. The summed E-state index contributed by atoms with van der Waals surface area (Å²) in [5.41, 5.74) is 0.103. The zero-order valence-corrected chi connectivity index (χ0v) is 13.7. The van der Waals surface area contributed by atoms with E-state index in [-0.39, 0.29) is 11.6 Å². The number of carbonyl (C=O) groups excluding carboxylic acids is 1. The summed E-state index contributed by atoms with van der Waals surface area (Å²) in [4.78, 5) is 16.4. The Morgan fingerprint density at radius 1 is 1.42 bits per heavy atom. The van der Waals surface area contributed by atoms with Crippen LogP contribution >= 0.6 is 22.6 Å². The lowest BCUT2D eigenvalue weighted by Crippen LogP contribution is -2.52. The number of amides is 1. The average Bonchev–Trinajstić information content (AvgIpc) is 2.22. The maximum Gasteiger partial charge on any atom is 0.408 e. The van der Waals surface area contributed by atoms with Crippen molar-refractivity contribution in [2.24, 2.45) is 0 Å². The van der Waals surface area contributed by atoms with Crippen LogP contribution in [-0.4, -0.2) is 16.7 Å². The van der Waals surface area contributed by atoms with Gasteiger partial charge in [-0.2, -0.15) is 0 Å². The van der Waals surface area contributed by atoms with Gasteiger partial charge in [-0.3, -0.25) is 4.98 Å². The molecule has 1 saturated carbocycles. The Balaban J connectivity index is 2.11. The van der Waals surface area contributed by atoms with Gasteiger partial charge in [0.25, 0.3) is 0 Å². The molecule has 4 nitrogen and oxygen atoms in total. The molecule has 1 fully saturated rings. The number of nitrogens with zero attached hydrogens (tertiary/aromatic N) is 1. The first kappa shape index (κ1) is 14.6. The predicted octanol–water partition coefficient (Wildman–Crippen LogP) is 3.59. The molecule has 1 aromatic rings. The first-order chi connectivity index (χ1) is 8.81. The zero-order chi connectivity index (χ0) is 14.1. The molecule has 1 aliphatic carbocycles. The van der Waals surface area contributed by atoms with Gasteiger partial charge in [0.15, 0.2) is 0 Å². The molecule has 0 aliphatic heterocycles. The number of hydrogen-bond donors (Lipinski definition) is 1. The summed E-state index contributed by atoms with van der Waals surface area (Å²) >= 11 is 2.22. The van der Waals surface area contributed by atoms with Gasteiger partial charge in [-0.1, -0.05) is 0 Å². The molecular formula is C14H19IN2O2. The number of pyridine rings is 1. The van der Waals surface area contributed by atoms with Gasteiger partial charge in [-0.05, 0) is 74.8 Å². The molecule has 0 bridgehead atoms. The van der Waals surface area contributed by atoms with Crippen molar-refractivity contribution in [1.29, 1.82) is 0 Å². The van der Waals surface area contributed by atoms with Crippen molar-refractivity contribution in [3.05, 3.63) is 27.6 Å². The maximum atomic E-state index is 11.9. The number of aromatic nitrogens is 1. The third-order valence-electron chi connectivity index (χ3n) is 3.17. The number of hydrogen-bond acceptors (Lipinski definition) is 3. The fourth-order valence-corrected chi connectivity index (χ4v) is 2.45. The second kappa shape index (κ2) is 5.26. The van der Waals surface area contributed by atoms with Crippen LogP contribution in [0.4, 0.5) is 4.79 Å². The van der Waals surface area contributed by atoms with Crippen molar-refractivity contribution in [3.8, 4) is 0 Å². The van der Waals surface area contributed by atoms with E-state index in [9.17, 15) is 4.79 Å². The molecular weight excluding hydrogens is 355 g/mol. The summed E-state index contributed by atoms with van der Waals surface area (Å²) in [7, 11) is 0. The standard InChI is InChI=1S/C14H19IN2O2/c1-13(2,3)19-12(18)17-14(7-4-8-14)11-6-5-10(15)9-16-11/h5-6,9H,4,7-8H2,1-3H3,(H,17,18). The van der Waals surface area contributed by atoms with Crippen LogP contribution < -0.4 is 5.32 Å². The van der Waals surface area contributed by atoms with Crippen molar-refractivity contribution < 1.29 is 9.53 Å². The lowest BCUT2D eigenvalue weighted by Gasteiger charge is -2.42. The molecule has 5 heteroatoms. The topological polar surface area (TPSA) is 51.2 Å². The molecule has 1 amide bonds. The van der Waals surface area contributed by atoms with Crippen LogP contribution in [0.5, 0.6) is 0 Å². The molecule has 104 valence electrons. The minimum Gasteiger partial charge on any atom is -0.444 e. The number of ether oxygens (including phenoxy) is 1. The fraction of sp³-hybridized carbons (Fsp3) is 0.571. The van der Waals surface area contributed by atoms with Crippen molar-refractivity contribution in [2.75, 3.05) is 0 Å². The van der Waals surface area contributed by atoms with Gasteiger partial charge >= 0.3 is 6.09 Å². The Bertz CT molecular complexity index is 461. The van der Waals surface area contributed by atoms with Gasteiger partial charge in [-0.15, -0.1) is 0 Å². The maximum absolute atomic E-state index is 11.9. The Hall–Kier alpha value is -0.850. The molecule has 1 heterocycles. The Morgan fingerprint density at radius 2 is 2.11 bits per heavy atom. The van der Waals surface area contributed by atoms with Crippen molar-refractivity contribution in [2.45, 2.75) is 51.2 Å². The molecule has 19 heavy (non-hydrogen) atoms. The highest BCUT2D eigenvalue weighted by molar-refractivity contribution is 14.1. The molecule has 0 atom stereocenters. The average molecular weight is 374 g/mol. The SMILES string of the molecule is CC(C)(C)OC(=O)NC1(c2ccc(I)cn2)CCC1. The molecule has 1 N–H and O–H groups in total. The van der Waals surface area contributed by atoms with Crippen molar-refractivity contribution in [1.82, 2.24) is 10.3 Å². The van der Waals surface area contributed by atoms with E-state index in [4.69, 9.17) is 4.74 Å². The Labute approximate surface area is 127 Å². The zero-order valence-electron chi connectivity index (χ0n) is 11.5. The third-order valence-corrected chi connectivity index (χ3v) is 3.80. The van der Waals surface area contributed by atoms with E-state index in [1.165, 1.54) is 0 Å². The van der Waals surface area contributed by atoms with Gasteiger partial charge in [0, 0.05) is 9.77 Å². The molecule has 0 unspecified atom stereocenters. The highest BCUT2D eigenvalue weighted by atomic mass is 127. The van der Waals surface area contributed by atoms with E-state index < -0.39 is 5.60 Å². The first-order valence-electron chi connectivity index (χ1n) is 6.44. The minimum absolute atomic E-state index is 0.341. The van der Waals surface area contributed by atoms with E-state index in [0.717, 1.165) is 28.5 Å². The molecule has 2 rings (SSSR count). The van der Waals surface area contributed by atoms with Crippen molar-refractivity contribution >= 4 is 28.7 Å². The highest BCUT2D eigenvalue weighted by Crippen LogP contribution is 2.40. The third kappa shape index (κ3) is 3.58. The minimum atomic E-state index is -0.478. The summed E-state index contributed by atoms with van der Waals surface area (Å²) in [5, 5.41) is 3.00. The lowest BCUT2D eigenvalue weighted by molar-refractivity contribution is 0.0371. The second-order valence-electron chi connectivity index (χ2n) is 5.92. The predicted molar refractivity (Wildman–Crippen MR) is 81.9 cm³/mol. The smallest absolute Gasteiger partial charge is 0.408 e. The van der Waals surface area contributed by atoms with Crippen LogP contribution in [0.15, 0.2) is 18.3 Å². The number of carbonyl (C=O) groups is 1. The monoisotopic (exact) mass is 374 g/mol. The van der Waals surface area contributed by atoms with Gasteiger partial charge in [0.2, 0.25) is 0 Å². The van der Waals surface area contributed by atoms with E-state index in [1.807, 2.05) is 39.1 Å². The van der Waals surface area contributed by atoms with Gasteiger partial charge < -0.3 is 10.1 Å².